The Kier molecular flexibility index (Phi) is 6.94. The summed E-state index contributed by atoms with van der Waals surface area (Å²) >= 11 is 0. The van der Waals surface area contributed by atoms with E-state index in [1.165, 1.54) is 0 Å². The van der Waals surface area contributed by atoms with Crippen LogP contribution in [-0.2, 0) is 4.74 Å². The van der Waals surface area contributed by atoms with Crippen LogP contribution < -0.4 is 16.0 Å². The van der Waals surface area contributed by atoms with E-state index in [2.05, 4.69) is 10.2 Å². The highest BCUT2D eigenvalue weighted by molar-refractivity contribution is 5.29. The Labute approximate surface area is 122 Å². The molecular formula is C14H21F3N2O2. The zero-order valence-corrected chi connectivity index (χ0v) is 12.1. The molecule has 0 aliphatic heterocycles. The van der Waals surface area contributed by atoms with Gasteiger partial charge in [0.25, 0.3) is 0 Å². The van der Waals surface area contributed by atoms with Crippen LogP contribution in [0.1, 0.15) is 31.9 Å². The molecule has 0 aromatic heterocycles. The maximum atomic E-state index is 12.0. The largest absolute Gasteiger partial charge is 0.491 e. The highest BCUT2D eigenvalue weighted by atomic mass is 19.4. The SMILES string of the molecule is CC(C)Oc1ccc(C(CCOCC(F)(F)F)NN)cc1. The second kappa shape index (κ2) is 8.21. The number of nitrogens with one attached hydrogen (secondary N) is 1. The molecule has 0 bridgehead atoms. The Morgan fingerprint density at radius 3 is 2.29 bits per heavy atom. The van der Waals surface area contributed by atoms with Crippen molar-refractivity contribution in [1.82, 2.24) is 5.43 Å². The average molecular weight is 306 g/mol. The number of alkyl halides is 3. The van der Waals surface area contributed by atoms with Crippen LogP contribution in [0.4, 0.5) is 13.2 Å². The molecule has 7 heteroatoms. The first-order valence-electron chi connectivity index (χ1n) is 6.69. The Morgan fingerprint density at radius 2 is 1.81 bits per heavy atom. The molecule has 0 fully saturated rings. The fraction of sp³-hybridized carbons (Fsp3) is 0.571. The van der Waals surface area contributed by atoms with Crippen LogP contribution in [-0.4, -0.2) is 25.5 Å². The van der Waals surface area contributed by atoms with E-state index in [-0.39, 0.29) is 18.8 Å². The second-order valence-corrected chi connectivity index (χ2v) is 4.91. The first-order valence-corrected chi connectivity index (χ1v) is 6.69. The monoisotopic (exact) mass is 306 g/mol. The molecular weight excluding hydrogens is 285 g/mol. The number of hydrogen-bond acceptors (Lipinski definition) is 4. The van der Waals surface area contributed by atoms with Gasteiger partial charge in [0.1, 0.15) is 12.4 Å². The summed E-state index contributed by atoms with van der Waals surface area (Å²) in [5, 5.41) is 0. The Morgan fingerprint density at radius 1 is 1.19 bits per heavy atom. The molecule has 1 unspecified atom stereocenters. The van der Waals surface area contributed by atoms with Crippen molar-refractivity contribution in [2.45, 2.75) is 38.6 Å². The summed E-state index contributed by atoms with van der Waals surface area (Å²) in [6.45, 7) is 2.58. The Bertz CT molecular complexity index is 408. The fourth-order valence-electron chi connectivity index (χ4n) is 1.79. The summed E-state index contributed by atoms with van der Waals surface area (Å²) in [5.74, 6) is 6.17. The number of hydrogen-bond donors (Lipinski definition) is 2. The zero-order chi connectivity index (χ0) is 15.9. The van der Waals surface area contributed by atoms with Gasteiger partial charge in [-0.25, -0.2) is 0 Å². The lowest BCUT2D eigenvalue weighted by Crippen LogP contribution is -2.29. The summed E-state index contributed by atoms with van der Waals surface area (Å²) in [6, 6.07) is 6.98. The van der Waals surface area contributed by atoms with E-state index in [0.29, 0.717) is 6.42 Å². The van der Waals surface area contributed by atoms with Crippen molar-refractivity contribution in [2.75, 3.05) is 13.2 Å². The van der Waals surface area contributed by atoms with Gasteiger partial charge in [0.05, 0.1) is 6.10 Å². The number of ether oxygens (including phenoxy) is 2. The quantitative estimate of drug-likeness (QED) is 0.440. The van der Waals surface area contributed by atoms with Crippen molar-refractivity contribution in [3.05, 3.63) is 29.8 Å². The molecule has 0 heterocycles. The molecule has 0 spiro atoms. The van der Waals surface area contributed by atoms with Crippen molar-refractivity contribution in [3.8, 4) is 5.75 Å². The van der Waals surface area contributed by atoms with E-state index in [1.807, 2.05) is 26.0 Å². The van der Waals surface area contributed by atoms with Gasteiger partial charge in [-0.05, 0) is 38.0 Å². The molecule has 4 nitrogen and oxygen atoms in total. The van der Waals surface area contributed by atoms with Gasteiger partial charge in [-0.15, -0.1) is 0 Å². The van der Waals surface area contributed by atoms with Crippen LogP contribution >= 0.6 is 0 Å². The van der Waals surface area contributed by atoms with Gasteiger partial charge in [0, 0.05) is 12.6 Å². The standard InChI is InChI=1S/C14H21F3N2O2/c1-10(2)21-12-5-3-11(4-6-12)13(19-18)7-8-20-9-14(15,16)17/h3-6,10,13,19H,7-9,18H2,1-2H3. The van der Waals surface area contributed by atoms with E-state index in [9.17, 15) is 13.2 Å². The highest BCUT2D eigenvalue weighted by Gasteiger charge is 2.27. The Hall–Kier alpha value is -1.31. The van der Waals surface area contributed by atoms with Gasteiger partial charge in [-0.2, -0.15) is 13.2 Å². The number of nitrogens with two attached hydrogens (primary N) is 1. The maximum absolute atomic E-state index is 12.0. The predicted octanol–water partition coefficient (Wildman–Crippen LogP) is 2.95. The van der Waals surface area contributed by atoms with Crippen LogP contribution in [0.3, 0.4) is 0 Å². The molecule has 1 aromatic rings. The molecule has 0 radical (unpaired) electrons. The lowest BCUT2D eigenvalue weighted by Gasteiger charge is -2.17. The second-order valence-electron chi connectivity index (χ2n) is 4.91. The van der Waals surface area contributed by atoms with Crippen LogP contribution in [0.5, 0.6) is 5.75 Å². The molecule has 0 aliphatic carbocycles. The van der Waals surface area contributed by atoms with Crippen molar-refractivity contribution in [3.63, 3.8) is 0 Å². The van der Waals surface area contributed by atoms with E-state index >= 15 is 0 Å². The van der Waals surface area contributed by atoms with Gasteiger partial charge < -0.3 is 9.47 Å². The lowest BCUT2D eigenvalue weighted by molar-refractivity contribution is -0.174. The van der Waals surface area contributed by atoms with Crippen LogP contribution in [0.25, 0.3) is 0 Å². The summed E-state index contributed by atoms with van der Waals surface area (Å²) in [6.07, 6.45) is -3.88. The smallest absolute Gasteiger partial charge is 0.411 e. The van der Waals surface area contributed by atoms with Crippen molar-refractivity contribution in [2.24, 2.45) is 5.84 Å². The normalized spacial score (nSPS) is 13.5. The van der Waals surface area contributed by atoms with E-state index in [4.69, 9.17) is 10.6 Å². The van der Waals surface area contributed by atoms with E-state index < -0.39 is 12.8 Å². The fourth-order valence-corrected chi connectivity index (χ4v) is 1.79. The van der Waals surface area contributed by atoms with E-state index in [0.717, 1.165) is 11.3 Å². The average Bonchev–Trinajstić information content (AvgIpc) is 2.38. The molecule has 1 aromatic carbocycles. The summed E-state index contributed by atoms with van der Waals surface area (Å²) < 4.78 is 46.0. The maximum Gasteiger partial charge on any atom is 0.411 e. The molecule has 120 valence electrons. The third-order valence-corrected chi connectivity index (χ3v) is 2.67. The zero-order valence-electron chi connectivity index (χ0n) is 12.1. The first-order chi connectivity index (χ1) is 9.81. The Balaban J connectivity index is 2.48. The van der Waals surface area contributed by atoms with Crippen LogP contribution in [0.2, 0.25) is 0 Å². The summed E-state index contributed by atoms with van der Waals surface area (Å²) in [5.41, 5.74) is 3.44. The van der Waals surface area contributed by atoms with Crippen molar-refractivity contribution < 1.29 is 22.6 Å². The highest BCUT2D eigenvalue weighted by Crippen LogP contribution is 2.21. The number of hydrazine groups is 1. The molecule has 21 heavy (non-hydrogen) atoms. The molecule has 0 amide bonds. The third-order valence-electron chi connectivity index (χ3n) is 2.67. The summed E-state index contributed by atoms with van der Waals surface area (Å²) in [7, 11) is 0. The number of halogens is 3. The third kappa shape index (κ3) is 7.31. The predicted molar refractivity (Wildman–Crippen MR) is 73.8 cm³/mol. The minimum Gasteiger partial charge on any atom is -0.491 e. The van der Waals surface area contributed by atoms with Crippen LogP contribution in [0, 0.1) is 0 Å². The minimum atomic E-state index is -4.30. The molecule has 0 saturated carbocycles. The van der Waals surface area contributed by atoms with Gasteiger partial charge in [-0.3, -0.25) is 11.3 Å². The van der Waals surface area contributed by atoms with Gasteiger partial charge in [0.15, 0.2) is 0 Å². The molecule has 3 N–H and O–H groups in total. The van der Waals surface area contributed by atoms with Gasteiger partial charge in [-0.1, -0.05) is 12.1 Å². The number of rotatable bonds is 8. The van der Waals surface area contributed by atoms with E-state index in [1.54, 1.807) is 12.1 Å². The molecule has 1 rings (SSSR count). The van der Waals surface area contributed by atoms with Crippen molar-refractivity contribution in [1.29, 1.82) is 0 Å². The van der Waals surface area contributed by atoms with Crippen molar-refractivity contribution >= 4 is 0 Å². The first kappa shape index (κ1) is 17.7. The van der Waals surface area contributed by atoms with Gasteiger partial charge >= 0.3 is 6.18 Å². The minimum absolute atomic E-state index is 0.0291. The molecule has 0 aliphatic rings. The number of benzene rings is 1. The lowest BCUT2D eigenvalue weighted by atomic mass is 10.0. The molecule has 0 saturated heterocycles. The van der Waals surface area contributed by atoms with Crippen LogP contribution in [0.15, 0.2) is 24.3 Å². The topological polar surface area (TPSA) is 56.5 Å². The van der Waals surface area contributed by atoms with Gasteiger partial charge in [0.2, 0.25) is 0 Å². The summed E-state index contributed by atoms with van der Waals surface area (Å²) in [4.78, 5) is 0. The molecule has 1 atom stereocenters.